The Morgan fingerprint density at radius 3 is 2.74 bits per heavy atom. The fourth-order valence-corrected chi connectivity index (χ4v) is 1.49. The van der Waals surface area contributed by atoms with Gasteiger partial charge in [-0.2, -0.15) is 0 Å². The Kier molecular flexibility index (Phi) is 3.28. The normalized spacial score (nSPS) is 10.2. The maximum absolute atomic E-state index is 13.0. The van der Waals surface area contributed by atoms with Gasteiger partial charge in [0.2, 0.25) is 5.76 Å². The van der Waals surface area contributed by atoms with E-state index in [1.54, 1.807) is 6.92 Å². The minimum atomic E-state index is -1.34. The van der Waals surface area contributed by atoms with E-state index in [1.165, 1.54) is 12.3 Å². The predicted octanol–water partition coefficient (Wildman–Crippen LogP) is 2.07. The SMILES string of the molecule is Cc1cnoc1C(=O)Nc1ccc(F)cc1C(=O)O. The second-order valence-corrected chi connectivity index (χ2v) is 3.79. The first-order valence-corrected chi connectivity index (χ1v) is 5.24. The molecule has 6 nitrogen and oxygen atoms in total. The number of benzene rings is 1. The number of carboxylic acid groups (broad SMARTS) is 1. The summed E-state index contributed by atoms with van der Waals surface area (Å²) in [6, 6.07) is 3.04. The van der Waals surface area contributed by atoms with Crippen LogP contribution in [0.5, 0.6) is 0 Å². The second kappa shape index (κ2) is 4.89. The molecule has 0 atom stereocenters. The summed E-state index contributed by atoms with van der Waals surface area (Å²) in [6.45, 7) is 1.62. The van der Waals surface area contributed by atoms with Crippen LogP contribution in [0, 0.1) is 12.7 Å². The van der Waals surface area contributed by atoms with Crippen LogP contribution in [-0.2, 0) is 0 Å². The van der Waals surface area contributed by atoms with Gasteiger partial charge in [-0.3, -0.25) is 4.79 Å². The van der Waals surface area contributed by atoms with Gasteiger partial charge in [0.25, 0.3) is 5.91 Å². The molecule has 0 aliphatic heterocycles. The Morgan fingerprint density at radius 2 is 2.16 bits per heavy atom. The van der Waals surface area contributed by atoms with Crippen molar-refractivity contribution in [2.24, 2.45) is 0 Å². The summed E-state index contributed by atoms with van der Waals surface area (Å²) in [4.78, 5) is 22.8. The highest BCUT2D eigenvalue weighted by atomic mass is 19.1. The Morgan fingerprint density at radius 1 is 1.42 bits per heavy atom. The summed E-state index contributed by atoms with van der Waals surface area (Å²) in [5.41, 5.74) is 0.150. The Labute approximate surface area is 106 Å². The van der Waals surface area contributed by atoms with Gasteiger partial charge < -0.3 is 14.9 Å². The van der Waals surface area contributed by atoms with Crippen molar-refractivity contribution < 1.29 is 23.6 Å². The molecule has 0 saturated carbocycles. The standard InChI is InChI=1S/C12H9FN2O4/c1-6-5-14-19-10(6)11(16)15-9-3-2-7(13)4-8(9)12(17)18/h2-5H,1H3,(H,15,16)(H,17,18). The van der Waals surface area contributed by atoms with Crippen LogP contribution in [0.2, 0.25) is 0 Å². The fourth-order valence-electron chi connectivity index (χ4n) is 1.49. The Balaban J connectivity index is 2.32. The van der Waals surface area contributed by atoms with Crippen LogP contribution in [0.3, 0.4) is 0 Å². The molecule has 2 rings (SSSR count). The van der Waals surface area contributed by atoms with Crippen LogP contribution in [0.1, 0.15) is 26.5 Å². The van der Waals surface area contributed by atoms with Gasteiger partial charge in [0.15, 0.2) is 0 Å². The highest BCUT2D eigenvalue weighted by Gasteiger charge is 2.18. The third-order valence-corrected chi connectivity index (χ3v) is 2.41. The van der Waals surface area contributed by atoms with Crippen LogP contribution in [0.15, 0.2) is 28.9 Å². The third kappa shape index (κ3) is 2.59. The lowest BCUT2D eigenvalue weighted by molar-refractivity contribution is 0.0697. The lowest BCUT2D eigenvalue weighted by atomic mass is 10.1. The highest BCUT2D eigenvalue weighted by Crippen LogP contribution is 2.18. The van der Waals surface area contributed by atoms with Crippen molar-refractivity contribution in [3.05, 3.63) is 47.1 Å². The monoisotopic (exact) mass is 264 g/mol. The average molecular weight is 264 g/mol. The predicted molar refractivity (Wildman–Crippen MR) is 62.6 cm³/mol. The Bertz CT molecular complexity index is 651. The number of hydrogen-bond acceptors (Lipinski definition) is 4. The highest BCUT2D eigenvalue weighted by molar-refractivity contribution is 6.06. The molecule has 0 aliphatic carbocycles. The van der Waals surface area contributed by atoms with Crippen molar-refractivity contribution in [1.82, 2.24) is 5.16 Å². The van der Waals surface area contributed by atoms with E-state index in [4.69, 9.17) is 9.63 Å². The maximum atomic E-state index is 13.0. The smallest absolute Gasteiger partial charge is 0.337 e. The van der Waals surface area contributed by atoms with Crippen molar-refractivity contribution in [3.8, 4) is 0 Å². The summed E-state index contributed by atoms with van der Waals surface area (Å²) in [6.07, 6.45) is 1.36. The van der Waals surface area contributed by atoms with Crippen molar-refractivity contribution in [3.63, 3.8) is 0 Å². The molecule has 0 aliphatic rings. The average Bonchev–Trinajstić information content (AvgIpc) is 2.77. The molecule has 98 valence electrons. The molecule has 7 heteroatoms. The van der Waals surface area contributed by atoms with Crippen molar-refractivity contribution in [2.75, 3.05) is 5.32 Å². The molecule has 1 amide bonds. The van der Waals surface area contributed by atoms with Crippen LogP contribution in [0.25, 0.3) is 0 Å². The first-order valence-electron chi connectivity index (χ1n) is 5.24. The van der Waals surface area contributed by atoms with Gasteiger partial charge in [0.1, 0.15) is 5.82 Å². The topological polar surface area (TPSA) is 92.4 Å². The van der Waals surface area contributed by atoms with Gasteiger partial charge in [0, 0.05) is 5.56 Å². The molecular formula is C12H9FN2O4. The fraction of sp³-hybridized carbons (Fsp3) is 0.0833. The molecule has 0 spiro atoms. The second-order valence-electron chi connectivity index (χ2n) is 3.79. The van der Waals surface area contributed by atoms with Gasteiger partial charge in [-0.05, 0) is 25.1 Å². The molecule has 0 bridgehead atoms. The summed E-state index contributed by atoms with van der Waals surface area (Å²) < 4.78 is 17.7. The number of aromatic nitrogens is 1. The molecule has 19 heavy (non-hydrogen) atoms. The Hall–Kier alpha value is -2.70. The van der Waals surface area contributed by atoms with E-state index in [2.05, 4.69) is 10.5 Å². The first-order chi connectivity index (χ1) is 8.99. The number of halogens is 1. The van der Waals surface area contributed by atoms with E-state index in [1.807, 2.05) is 0 Å². The van der Waals surface area contributed by atoms with E-state index in [0.29, 0.717) is 5.56 Å². The first kappa shape index (κ1) is 12.7. The van der Waals surface area contributed by atoms with Crippen molar-refractivity contribution >= 4 is 17.6 Å². The van der Waals surface area contributed by atoms with E-state index in [9.17, 15) is 14.0 Å². The van der Waals surface area contributed by atoms with E-state index < -0.39 is 17.7 Å². The number of aromatic carboxylic acids is 1. The van der Waals surface area contributed by atoms with Crippen LogP contribution >= 0.6 is 0 Å². The zero-order valence-electron chi connectivity index (χ0n) is 9.81. The van der Waals surface area contributed by atoms with Crippen LogP contribution < -0.4 is 5.32 Å². The van der Waals surface area contributed by atoms with E-state index in [-0.39, 0.29) is 17.0 Å². The number of amides is 1. The lowest BCUT2D eigenvalue weighted by Crippen LogP contribution is -2.15. The largest absolute Gasteiger partial charge is 0.478 e. The molecule has 0 saturated heterocycles. The van der Waals surface area contributed by atoms with Crippen LogP contribution in [-0.4, -0.2) is 22.1 Å². The summed E-state index contributed by atoms with van der Waals surface area (Å²) >= 11 is 0. The van der Waals surface area contributed by atoms with Gasteiger partial charge in [-0.15, -0.1) is 0 Å². The molecule has 0 fully saturated rings. The molecule has 1 aromatic heterocycles. The number of carboxylic acids is 1. The summed E-state index contributed by atoms with van der Waals surface area (Å²) in [7, 11) is 0. The van der Waals surface area contributed by atoms with Gasteiger partial charge in [-0.25, -0.2) is 9.18 Å². The van der Waals surface area contributed by atoms with Crippen molar-refractivity contribution in [2.45, 2.75) is 6.92 Å². The molecule has 0 unspecified atom stereocenters. The zero-order valence-corrected chi connectivity index (χ0v) is 9.81. The van der Waals surface area contributed by atoms with Crippen molar-refractivity contribution in [1.29, 1.82) is 0 Å². The molecule has 1 heterocycles. The number of aryl methyl sites for hydroxylation is 1. The molecule has 1 aromatic carbocycles. The zero-order chi connectivity index (χ0) is 14.0. The third-order valence-electron chi connectivity index (χ3n) is 2.41. The number of nitrogens with one attached hydrogen (secondary N) is 1. The number of rotatable bonds is 3. The summed E-state index contributed by atoms with van der Waals surface area (Å²) in [5.74, 6) is -2.72. The number of carbonyl (C=O) groups is 2. The minimum absolute atomic E-state index is 0.0188. The number of nitrogens with zero attached hydrogens (tertiary/aromatic N) is 1. The lowest BCUT2D eigenvalue weighted by Gasteiger charge is -2.07. The minimum Gasteiger partial charge on any atom is -0.478 e. The molecular weight excluding hydrogens is 255 g/mol. The number of anilines is 1. The molecule has 0 radical (unpaired) electrons. The van der Waals surface area contributed by atoms with Gasteiger partial charge >= 0.3 is 5.97 Å². The number of hydrogen-bond donors (Lipinski definition) is 2. The summed E-state index contributed by atoms with van der Waals surface area (Å²) in [5, 5.41) is 14.7. The van der Waals surface area contributed by atoms with Gasteiger partial charge in [-0.1, -0.05) is 5.16 Å². The van der Waals surface area contributed by atoms with Crippen LogP contribution in [0.4, 0.5) is 10.1 Å². The van der Waals surface area contributed by atoms with E-state index >= 15 is 0 Å². The van der Waals surface area contributed by atoms with E-state index in [0.717, 1.165) is 12.1 Å². The maximum Gasteiger partial charge on any atom is 0.337 e. The quantitative estimate of drug-likeness (QED) is 0.885. The number of carbonyl (C=O) groups excluding carboxylic acids is 1. The molecule has 2 aromatic rings. The van der Waals surface area contributed by atoms with Gasteiger partial charge in [0.05, 0.1) is 17.4 Å². The molecule has 2 N–H and O–H groups in total.